The second kappa shape index (κ2) is 3.92. The summed E-state index contributed by atoms with van der Waals surface area (Å²) in [7, 11) is 0. The number of rotatable bonds is 2. The number of nitrogens with zero attached hydrogens (tertiary/aromatic N) is 1. The molecule has 2 heterocycles. The molecule has 0 spiro atoms. The van der Waals surface area contributed by atoms with Crippen molar-refractivity contribution in [3.63, 3.8) is 0 Å². The van der Waals surface area contributed by atoms with E-state index in [1.807, 2.05) is 6.20 Å². The van der Waals surface area contributed by atoms with Gasteiger partial charge in [0.15, 0.2) is 0 Å². The van der Waals surface area contributed by atoms with Crippen molar-refractivity contribution < 1.29 is 0 Å². The van der Waals surface area contributed by atoms with Crippen LogP contribution in [-0.2, 0) is 6.42 Å². The maximum Gasteiger partial charge on any atom is 0.0490 e. The van der Waals surface area contributed by atoms with Crippen LogP contribution in [0.5, 0.6) is 0 Å². The lowest BCUT2D eigenvalue weighted by atomic mass is 9.89. The molecule has 0 amide bonds. The zero-order valence-electron chi connectivity index (χ0n) is 8.09. The largest absolute Gasteiger partial charge is 0.314 e. The average Bonchev–Trinajstić information content (AvgIpc) is 2.57. The van der Waals surface area contributed by atoms with E-state index in [0.29, 0.717) is 6.04 Å². The highest BCUT2D eigenvalue weighted by molar-refractivity contribution is 4.99. The first kappa shape index (κ1) is 8.75. The van der Waals surface area contributed by atoms with Crippen molar-refractivity contribution in [1.29, 1.82) is 0 Å². The van der Waals surface area contributed by atoms with Crippen LogP contribution in [0, 0.1) is 5.92 Å². The van der Waals surface area contributed by atoms with Gasteiger partial charge in [0, 0.05) is 17.9 Å². The Kier molecular flexibility index (Phi) is 2.64. The summed E-state index contributed by atoms with van der Waals surface area (Å²) in [5.74, 6) is 0.830. The monoisotopic (exact) mass is 179 g/mol. The molecule has 3 nitrogen and oxygen atoms in total. The van der Waals surface area contributed by atoms with Crippen molar-refractivity contribution in [1.82, 2.24) is 15.5 Å². The van der Waals surface area contributed by atoms with Gasteiger partial charge in [-0.2, -0.15) is 5.10 Å². The highest BCUT2D eigenvalue weighted by atomic mass is 15.1. The molecule has 2 N–H and O–H groups in total. The molecule has 3 heteroatoms. The Bertz CT molecular complexity index is 243. The van der Waals surface area contributed by atoms with Crippen LogP contribution in [0.1, 0.15) is 25.5 Å². The quantitative estimate of drug-likeness (QED) is 0.719. The molecule has 1 fully saturated rings. The van der Waals surface area contributed by atoms with E-state index in [0.717, 1.165) is 12.3 Å². The smallest absolute Gasteiger partial charge is 0.0490 e. The SMILES string of the molecule is C[C@H]1C[C@H](Cc2ccn[nH]2)CCN1. The molecule has 0 unspecified atom stereocenters. The highest BCUT2D eigenvalue weighted by Crippen LogP contribution is 2.19. The van der Waals surface area contributed by atoms with E-state index in [2.05, 4.69) is 28.5 Å². The van der Waals surface area contributed by atoms with Crippen molar-refractivity contribution in [2.24, 2.45) is 5.92 Å². The van der Waals surface area contributed by atoms with Crippen LogP contribution in [-0.4, -0.2) is 22.8 Å². The number of piperidine rings is 1. The third-order valence-electron chi connectivity index (χ3n) is 2.80. The first-order chi connectivity index (χ1) is 6.34. The molecule has 1 aliphatic heterocycles. The summed E-state index contributed by atoms with van der Waals surface area (Å²) in [5, 5.41) is 10.5. The Labute approximate surface area is 78.9 Å². The molecule has 1 aromatic rings. The van der Waals surface area contributed by atoms with Gasteiger partial charge < -0.3 is 5.32 Å². The molecule has 0 bridgehead atoms. The number of hydrogen-bond donors (Lipinski definition) is 2. The van der Waals surface area contributed by atoms with Crippen LogP contribution < -0.4 is 5.32 Å². The van der Waals surface area contributed by atoms with Gasteiger partial charge in [-0.15, -0.1) is 0 Å². The highest BCUT2D eigenvalue weighted by Gasteiger charge is 2.18. The number of nitrogens with one attached hydrogen (secondary N) is 2. The Morgan fingerprint density at radius 1 is 1.62 bits per heavy atom. The van der Waals surface area contributed by atoms with E-state index in [-0.39, 0.29) is 0 Å². The summed E-state index contributed by atoms with van der Waals surface area (Å²) in [6.45, 7) is 3.43. The van der Waals surface area contributed by atoms with Gasteiger partial charge >= 0.3 is 0 Å². The molecule has 0 radical (unpaired) electrons. The molecule has 0 aromatic carbocycles. The normalized spacial score (nSPS) is 29.0. The van der Waals surface area contributed by atoms with Gasteiger partial charge in [0.2, 0.25) is 0 Å². The molecule has 1 aromatic heterocycles. The third kappa shape index (κ3) is 2.31. The van der Waals surface area contributed by atoms with Crippen molar-refractivity contribution >= 4 is 0 Å². The van der Waals surface area contributed by atoms with Crippen molar-refractivity contribution in [2.45, 2.75) is 32.2 Å². The van der Waals surface area contributed by atoms with Crippen molar-refractivity contribution in [3.05, 3.63) is 18.0 Å². The van der Waals surface area contributed by atoms with E-state index in [1.165, 1.54) is 25.1 Å². The Hall–Kier alpha value is -0.830. The topological polar surface area (TPSA) is 40.7 Å². The first-order valence-corrected chi connectivity index (χ1v) is 5.06. The zero-order chi connectivity index (χ0) is 9.10. The molecule has 1 aliphatic rings. The van der Waals surface area contributed by atoms with Gasteiger partial charge in [-0.25, -0.2) is 0 Å². The second-order valence-corrected chi connectivity index (χ2v) is 4.03. The predicted octanol–water partition coefficient (Wildman–Crippen LogP) is 1.34. The van der Waals surface area contributed by atoms with Crippen LogP contribution in [0.4, 0.5) is 0 Å². The number of aromatic amines is 1. The fraction of sp³-hybridized carbons (Fsp3) is 0.700. The summed E-state index contributed by atoms with van der Waals surface area (Å²) in [6, 6.07) is 2.76. The Balaban J connectivity index is 1.87. The molecular formula is C10H17N3. The first-order valence-electron chi connectivity index (χ1n) is 5.06. The molecule has 13 heavy (non-hydrogen) atoms. The van der Waals surface area contributed by atoms with Gasteiger partial charge in [-0.3, -0.25) is 5.10 Å². The predicted molar refractivity (Wildman–Crippen MR) is 52.5 cm³/mol. The van der Waals surface area contributed by atoms with Gasteiger partial charge in [-0.1, -0.05) is 0 Å². The van der Waals surface area contributed by atoms with Crippen LogP contribution in [0.2, 0.25) is 0 Å². The number of hydrogen-bond acceptors (Lipinski definition) is 2. The average molecular weight is 179 g/mol. The lowest BCUT2D eigenvalue weighted by molar-refractivity contribution is 0.312. The van der Waals surface area contributed by atoms with Gasteiger partial charge in [-0.05, 0) is 44.7 Å². The van der Waals surface area contributed by atoms with Crippen LogP contribution >= 0.6 is 0 Å². The minimum Gasteiger partial charge on any atom is -0.314 e. The zero-order valence-corrected chi connectivity index (χ0v) is 8.09. The van der Waals surface area contributed by atoms with Crippen LogP contribution in [0.3, 0.4) is 0 Å². The van der Waals surface area contributed by atoms with Crippen molar-refractivity contribution in [3.8, 4) is 0 Å². The Morgan fingerprint density at radius 2 is 2.54 bits per heavy atom. The fourth-order valence-corrected chi connectivity index (χ4v) is 2.13. The maximum atomic E-state index is 3.97. The molecule has 0 saturated carbocycles. The minimum absolute atomic E-state index is 0.682. The van der Waals surface area contributed by atoms with E-state index in [9.17, 15) is 0 Å². The van der Waals surface area contributed by atoms with E-state index in [4.69, 9.17) is 0 Å². The number of aromatic nitrogens is 2. The second-order valence-electron chi connectivity index (χ2n) is 4.03. The van der Waals surface area contributed by atoms with E-state index in [1.54, 1.807) is 0 Å². The Morgan fingerprint density at radius 3 is 3.23 bits per heavy atom. The summed E-state index contributed by atoms with van der Waals surface area (Å²) in [6.07, 6.45) is 5.58. The summed E-state index contributed by atoms with van der Waals surface area (Å²) in [4.78, 5) is 0. The third-order valence-corrected chi connectivity index (χ3v) is 2.80. The molecule has 1 saturated heterocycles. The van der Waals surface area contributed by atoms with Gasteiger partial charge in [0.1, 0.15) is 0 Å². The maximum absolute atomic E-state index is 3.97. The lowest BCUT2D eigenvalue weighted by Crippen LogP contribution is -2.36. The standard InChI is InChI=1S/C10H17N3/c1-8-6-9(2-4-11-8)7-10-3-5-12-13-10/h3,5,8-9,11H,2,4,6-7H2,1H3,(H,12,13)/t8-,9+/m0/s1. The molecular weight excluding hydrogens is 162 g/mol. The minimum atomic E-state index is 0.682. The van der Waals surface area contributed by atoms with E-state index < -0.39 is 0 Å². The summed E-state index contributed by atoms with van der Waals surface area (Å²) in [5.41, 5.74) is 1.28. The van der Waals surface area contributed by atoms with Crippen LogP contribution in [0.15, 0.2) is 12.3 Å². The summed E-state index contributed by atoms with van der Waals surface area (Å²) >= 11 is 0. The number of H-pyrrole nitrogens is 1. The summed E-state index contributed by atoms with van der Waals surface area (Å²) < 4.78 is 0. The van der Waals surface area contributed by atoms with Crippen molar-refractivity contribution in [2.75, 3.05) is 6.54 Å². The fourth-order valence-electron chi connectivity index (χ4n) is 2.13. The van der Waals surface area contributed by atoms with Gasteiger partial charge in [0.05, 0.1) is 0 Å². The van der Waals surface area contributed by atoms with E-state index >= 15 is 0 Å². The molecule has 2 rings (SSSR count). The molecule has 2 atom stereocenters. The molecule has 0 aliphatic carbocycles. The van der Waals surface area contributed by atoms with Gasteiger partial charge in [0.25, 0.3) is 0 Å². The van der Waals surface area contributed by atoms with Crippen LogP contribution in [0.25, 0.3) is 0 Å². The lowest BCUT2D eigenvalue weighted by Gasteiger charge is -2.27. The molecule has 72 valence electrons.